The van der Waals surface area contributed by atoms with Gasteiger partial charge in [0.1, 0.15) is 17.9 Å². The topological polar surface area (TPSA) is 96.7 Å². The Bertz CT molecular complexity index is 3540. The van der Waals surface area contributed by atoms with E-state index in [4.69, 9.17) is 29.1 Å². The van der Waals surface area contributed by atoms with Crippen LogP contribution in [0.25, 0.3) is 102 Å². The first kappa shape index (κ1) is 43.0. The molecule has 9 heteroatoms. The van der Waals surface area contributed by atoms with E-state index in [-0.39, 0.29) is 22.7 Å². The zero-order chi connectivity index (χ0) is 44.6. The molecular formula is C58H43FeN5O3. The van der Waals surface area contributed by atoms with Crippen molar-refractivity contribution in [2.24, 2.45) is 0 Å². The van der Waals surface area contributed by atoms with Crippen LogP contribution in [0.5, 0.6) is 5.75 Å². The van der Waals surface area contributed by atoms with Crippen molar-refractivity contribution in [1.82, 2.24) is 19.9 Å². The van der Waals surface area contributed by atoms with Gasteiger partial charge in [0.2, 0.25) is 0 Å². The maximum atomic E-state index is 12.1. The summed E-state index contributed by atoms with van der Waals surface area (Å²) < 4.78 is 11.9. The minimum Gasteiger partial charge on any atom is -0.657 e. The molecular weight excluding hydrogens is 871 g/mol. The zero-order valence-electron chi connectivity index (χ0n) is 36.8. The summed E-state index contributed by atoms with van der Waals surface area (Å²) in [5, 5.41) is 0.930. The first-order valence-electron chi connectivity index (χ1n) is 22.2. The van der Waals surface area contributed by atoms with Gasteiger partial charge in [0, 0.05) is 29.8 Å². The van der Waals surface area contributed by atoms with E-state index < -0.39 is 0 Å². The van der Waals surface area contributed by atoms with Crippen LogP contribution in [0, 0.1) is 6.92 Å². The SMILES string of the molecule is CCN(CCOc1ccc(-c2c3nc(c(-c4ccccc4)c4ccc([n-]4)c(-c4ccccc4)c4nc(c(-c5ccccc5)c5ccc2[n-]5)C=C4)C=C3)cc1)c1ccc2c(C)cc(=O)oc2c1.[Fe+2]. The average Bonchev–Trinajstić information content (AvgIpc) is 4.20. The fourth-order valence-electron chi connectivity index (χ4n) is 9.06. The molecule has 8 bridgehead atoms. The van der Waals surface area contributed by atoms with Crippen LogP contribution in [-0.2, 0) is 17.1 Å². The van der Waals surface area contributed by atoms with Crippen LogP contribution in [0.1, 0.15) is 35.3 Å². The standard InChI is InChI=1S/C58H43N5O3.Fe/c1-3-63(42-21-24-44-37(2)35-54(64)66-53(44)36-42)33-34-65-43-22-19-41(20-23-43)58-51-31-29-49(61-51)56(39-15-9-5-10-16-39)47-27-25-45(59-47)55(38-13-7-4-8-14-38)46-26-28-48(60-46)57(40-17-11-6-12-18-40)50-30-32-52(58)62-50;/h4-32,35-36H,3,33-34H2,1-2H3;/q-2;+2. The summed E-state index contributed by atoms with van der Waals surface area (Å²) in [5.74, 6) is 0.748. The van der Waals surface area contributed by atoms with Gasteiger partial charge >= 0.3 is 22.7 Å². The van der Waals surface area contributed by atoms with Gasteiger partial charge < -0.3 is 24.0 Å². The maximum Gasteiger partial charge on any atom is 2.00 e. The van der Waals surface area contributed by atoms with Gasteiger partial charge in [0.15, 0.2) is 0 Å². The molecule has 11 rings (SSSR count). The third kappa shape index (κ3) is 8.43. The Morgan fingerprint density at radius 2 is 0.970 bits per heavy atom. The molecule has 0 atom stereocenters. The summed E-state index contributed by atoms with van der Waals surface area (Å²) in [7, 11) is 0. The van der Waals surface area contributed by atoms with Crippen molar-refractivity contribution < 1.29 is 26.2 Å². The summed E-state index contributed by atoms with van der Waals surface area (Å²) in [6.07, 6.45) is 8.35. The van der Waals surface area contributed by atoms with Crippen molar-refractivity contribution in [3.05, 3.63) is 203 Å². The minimum atomic E-state index is -0.346. The van der Waals surface area contributed by atoms with Crippen LogP contribution in [0.2, 0.25) is 0 Å². The molecule has 2 aliphatic heterocycles. The third-order valence-electron chi connectivity index (χ3n) is 12.3. The molecule has 0 amide bonds. The van der Waals surface area contributed by atoms with E-state index in [0.29, 0.717) is 18.7 Å². The number of hydrogen-bond donors (Lipinski definition) is 0. The molecule has 0 saturated carbocycles. The van der Waals surface area contributed by atoms with Crippen molar-refractivity contribution in [2.45, 2.75) is 13.8 Å². The zero-order valence-corrected chi connectivity index (χ0v) is 37.9. The molecule has 9 aromatic rings. The van der Waals surface area contributed by atoms with E-state index in [1.807, 2.05) is 73.7 Å². The fraction of sp³-hybridized carbons (Fsp3) is 0.0862. The van der Waals surface area contributed by atoms with Gasteiger partial charge in [-0.3, -0.25) is 0 Å². The van der Waals surface area contributed by atoms with Gasteiger partial charge in [-0.1, -0.05) is 127 Å². The molecule has 8 nitrogen and oxygen atoms in total. The van der Waals surface area contributed by atoms with Crippen LogP contribution < -0.4 is 25.2 Å². The number of aryl methyl sites for hydroxylation is 1. The fourth-order valence-corrected chi connectivity index (χ4v) is 9.06. The van der Waals surface area contributed by atoms with E-state index >= 15 is 0 Å². The van der Waals surface area contributed by atoms with Crippen LogP contribution in [-0.4, -0.2) is 29.7 Å². The number of rotatable bonds is 10. The van der Waals surface area contributed by atoms with Crippen molar-refractivity contribution in [3.63, 3.8) is 0 Å². The van der Waals surface area contributed by atoms with Crippen molar-refractivity contribution in [3.8, 4) is 50.3 Å². The van der Waals surface area contributed by atoms with E-state index in [1.165, 1.54) is 6.07 Å². The summed E-state index contributed by atoms with van der Waals surface area (Å²) in [6.45, 7) is 5.89. The van der Waals surface area contributed by atoms with Crippen LogP contribution in [0.4, 0.5) is 5.69 Å². The maximum absolute atomic E-state index is 12.1. The number of fused-ring (bicyclic) bond motifs is 9. The average molecular weight is 914 g/mol. The third-order valence-corrected chi connectivity index (χ3v) is 12.3. The molecule has 326 valence electrons. The predicted octanol–water partition coefficient (Wildman–Crippen LogP) is 12.9. The molecule has 0 unspecified atom stereocenters. The van der Waals surface area contributed by atoms with Gasteiger partial charge in [0.05, 0.1) is 29.3 Å². The number of anilines is 1. The van der Waals surface area contributed by atoms with Crippen LogP contribution in [0.15, 0.2) is 173 Å². The molecule has 0 spiro atoms. The second-order valence-corrected chi connectivity index (χ2v) is 16.3. The molecule has 0 radical (unpaired) electrons. The number of aromatic nitrogens is 4. The van der Waals surface area contributed by atoms with E-state index in [1.54, 1.807) is 0 Å². The van der Waals surface area contributed by atoms with Gasteiger partial charge in [-0.05, 0) is 112 Å². The molecule has 0 fully saturated rings. The molecule has 2 aliphatic rings. The molecule has 6 heterocycles. The molecule has 4 aromatic heterocycles. The Hall–Kier alpha value is -7.97. The molecule has 0 saturated heterocycles. The van der Waals surface area contributed by atoms with E-state index in [2.05, 4.69) is 127 Å². The van der Waals surface area contributed by atoms with E-state index in [0.717, 1.165) is 118 Å². The van der Waals surface area contributed by atoms with Crippen molar-refractivity contribution in [2.75, 3.05) is 24.6 Å². The normalized spacial score (nSPS) is 11.7. The monoisotopic (exact) mass is 913 g/mol. The number of ether oxygens (including phenoxy) is 1. The summed E-state index contributed by atoms with van der Waals surface area (Å²) >= 11 is 0. The van der Waals surface area contributed by atoms with Crippen molar-refractivity contribution >= 4 is 63.0 Å². The Labute approximate surface area is 398 Å². The molecule has 67 heavy (non-hydrogen) atoms. The van der Waals surface area contributed by atoms with Gasteiger partial charge in [-0.15, -0.1) is 22.1 Å². The largest absolute Gasteiger partial charge is 2.00 e. The van der Waals surface area contributed by atoms with Gasteiger partial charge in [0.25, 0.3) is 0 Å². The minimum absolute atomic E-state index is 0. The first-order chi connectivity index (χ1) is 32.5. The summed E-state index contributed by atoms with van der Waals surface area (Å²) in [4.78, 5) is 35.9. The number of hydrogen-bond acceptors (Lipinski definition) is 6. The summed E-state index contributed by atoms with van der Waals surface area (Å²) in [6, 6.07) is 55.1. The van der Waals surface area contributed by atoms with Crippen LogP contribution in [0.3, 0.4) is 0 Å². The Morgan fingerprint density at radius 1 is 0.537 bits per heavy atom. The predicted molar refractivity (Wildman–Crippen MR) is 269 cm³/mol. The number of benzene rings is 5. The quantitative estimate of drug-likeness (QED) is 0.0989. The Kier molecular flexibility index (Phi) is 11.9. The first-order valence-corrected chi connectivity index (χ1v) is 22.2. The molecule has 0 aliphatic carbocycles. The van der Waals surface area contributed by atoms with Crippen LogP contribution >= 0.6 is 0 Å². The van der Waals surface area contributed by atoms with Gasteiger partial charge in [-0.2, -0.15) is 0 Å². The Morgan fingerprint density at radius 3 is 1.40 bits per heavy atom. The second-order valence-electron chi connectivity index (χ2n) is 16.3. The number of likely N-dealkylation sites (N-methyl/N-ethyl adjacent to an activating group) is 1. The number of nitrogens with zero attached hydrogens (tertiary/aromatic N) is 5. The van der Waals surface area contributed by atoms with Crippen molar-refractivity contribution in [1.29, 1.82) is 0 Å². The molecule has 5 aromatic carbocycles. The van der Waals surface area contributed by atoms with Gasteiger partial charge in [-0.25, -0.2) is 14.8 Å². The summed E-state index contributed by atoms with van der Waals surface area (Å²) in [5.41, 5.74) is 16.4. The Balaban J connectivity index is 0.00000525. The smallest absolute Gasteiger partial charge is 0.657 e. The van der Waals surface area contributed by atoms with E-state index in [9.17, 15) is 4.79 Å². The molecule has 0 N–H and O–H groups in total. The second kappa shape index (κ2) is 18.5.